The maximum absolute atomic E-state index is 8.94. The van der Waals surface area contributed by atoms with Gasteiger partial charge in [-0.1, -0.05) is 133 Å². The molecular weight excluding hydrogens is 593 g/mol. The number of ether oxygens (including phenoxy) is 1. The third kappa shape index (κ3) is 3.94. The molecule has 1 heteroatoms. The first-order chi connectivity index (χ1) is 26.3. The van der Waals surface area contributed by atoms with Crippen LogP contribution in [0.5, 0.6) is 11.5 Å². The van der Waals surface area contributed by atoms with Gasteiger partial charge in [0.15, 0.2) is 0 Å². The predicted octanol–water partition coefficient (Wildman–Crippen LogP) is 13.7. The highest BCUT2D eigenvalue weighted by Gasteiger charge is 2.23. The van der Waals surface area contributed by atoms with E-state index in [1.54, 1.807) is 0 Å². The van der Waals surface area contributed by atoms with Crippen molar-refractivity contribution >= 4 is 53.9 Å². The SMILES string of the molecule is [2H]c1c([2H])c([2H])c(-c2cc(-c3cc4c5c(cccc5c3)-c3ccc5ccccc5c3O4)cc(-c3ccc4ccc5cccc6ccc3c4c56)c2)c([2H])c1[2H]. The average Bonchev–Trinajstić information content (AvgIpc) is 3.21. The second-order valence-electron chi connectivity index (χ2n) is 12.9. The Labute approximate surface area is 290 Å². The first-order valence-corrected chi connectivity index (χ1v) is 16.5. The summed E-state index contributed by atoms with van der Waals surface area (Å²) < 4.78 is 50.0. The fraction of sp³-hybridized carbons (Fsp3) is 0. The Bertz CT molecular complexity index is 3210. The summed E-state index contributed by atoms with van der Waals surface area (Å²) in [6, 6.07) is 46.9. The molecule has 0 unspecified atom stereocenters. The number of fused-ring (bicyclic) bond motifs is 4. The minimum Gasteiger partial charge on any atom is -0.455 e. The van der Waals surface area contributed by atoms with Gasteiger partial charge in [-0.15, -0.1) is 0 Å². The second kappa shape index (κ2) is 10.0. The molecule has 0 aliphatic carbocycles. The van der Waals surface area contributed by atoms with Crippen molar-refractivity contribution in [3.8, 4) is 56.0 Å². The molecule has 226 valence electrons. The van der Waals surface area contributed by atoms with Crippen molar-refractivity contribution in [2.45, 2.75) is 0 Å². The highest BCUT2D eigenvalue weighted by atomic mass is 16.5. The van der Waals surface area contributed by atoms with Gasteiger partial charge in [0.05, 0.1) is 6.85 Å². The van der Waals surface area contributed by atoms with Gasteiger partial charge < -0.3 is 4.74 Å². The first kappa shape index (κ1) is 22.2. The summed E-state index contributed by atoms with van der Waals surface area (Å²) in [5.74, 6) is 1.58. The van der Waals surface area contributed by atoms with Gasteiger partial charge in [0.2, 0.25) is 0 Å². The van der Waals surface area contributed by atoms with Crippen LogP contribution in [0.2, 0.25) is 0 Å². The molecule has 10 aromatic rings. The van der Waals surface area contributed by atoms with E-state index in [1.165, 1.54) is 21.5 Å². The van der Waals surface area contributed by atoms with E-state index in [4.69, 9.17) is 11.6 Å². The summed E-state index contributed by atoms with van der Waals surface area (Å²) in [6.45, 7) is 0. The highest BCUT2D eigenvalue weighted by molar-refractivity contribution is 6.25. The molecule has 0 spiro atoms. The van der Waals surface area contributed by atoms with Crippen LogP contribution in [-0.2, 0) is 0 Å². The van der Waals surface area contributed by atoms with Gasteiger partial charge in [0.25, 0.3) is 0 Å². The number of hydrogen-bond acceptors (Lipinski definition) is 1. The van der Waals surface area contributed by atoms with E-state index in [9.17, 15) is 0 Å². The van der Waals surface area contributed by atoms with Crippen LogP contribution < -0.4 is 4.74 Å². The van der Waals surface area contributed by atoms with Crippen molar-refractivity contribution in [3.63, 3.8) is 0 Å². The number of benzene rings is 10. The Morgan fingerprint density at radius 2 is 1.00 bits per heavy atom. The Balaban J connectivity index is 1.19. The first-order valence-electron chi connectivity index (χ1n) is 19.0. The fourth-order valence-electron chi connectivity index (χ4n) is 8.01. The quantitative estimate of drug-likeness (QED) is 0.178. The van der Waals surface area contributed by atoms with Crippen LogP contribution in [0.4, 0.5) is 0 Å². The van der Waals surface area contributed by atoms with E-state index in [0.717, 1.165) is 77.2 Å². The van der Waals surface area contributed by atoms with E-state index >= 15 is 0 Å². The third-order valence-corrected chi connectivity index (χ3v) is 10.2. The van der Waals surface area contributed by atoms with Crippen LogP contribution in [0, 0.1) is 0 Å². The normalized spacial score (nSPS) is 13.7. The lowest BCUT2D eigenvalue weighted by molar-refractivity contribution is 0.493. The number of hydrogen-bond donors (Lipinski definition) is 0. The molecule has 0 saturated heterocycles. The van der Waals surface area contributed by atoms with Crippen molar-refractivity contribution in [1.29, 1.82) is 0 Å². The maximum atomic E-state index is 8.94. The zero-order chi connectivity index (χ0) is 36.4. The van der Waals surface area contributed by atoms with Crippen LogP contribution in [0.25, 0.3) is 98.4 Å². The van der Waals surface area contributed by atoms with E-state index < -0.39 is 6.04 Å². The van der Waals surface area contributed by atoms with Gasteiger partial charge in [0.1, 0.15) is 11.5 Å². The summed E-state index contributed by atoms with van der Waals surface area (Å²) in [4.78, 5) is 0. The lowest BCUT2D eigenvalue weighted by Crippen LogP contribution is -1.98. The van der Waals surface area contributed by atoms with Crippen LogP contribution >= 0.6 is 0 Å². The largest absolute Gasteiger partial charge is 0.455 e. The van der Waals surface area contributed by atoms with Gasteiger partial charge in [-0.05, 0) is 118 Å². The average molecular weight is 626 g/mol. The van der Waals surface area contributed by atoms with Crippen molar-refractivity contribution in [3.05, 3.63) is 170 Å². The smallest absolute Gasteiger partial charge is 0.143 e. The minimum absolute atomic E-state index is 0.169. The Morgan fingerprint density at radius 3 is 1.88 bits per heavy atom. The molecule has 0 bridgehead atoms. The third-order valence-electron chi connectivity index (χ3n) is 10.2. The summed E-state index contributed by atoms with van der Waals surface area (Å²) >= 11 is 0. The Kier molecular flexibility index (Phi) is 4.54. The molecule has 1 aliphatic heterocycles. The Hall–Kier alpha value is -6.44. The lowest BCUT2D eigenvalue weighted by atomic mass is 9.87. The molecule has 49 heavy (non-hydrogen) atoms. The summed E-state index contributed by atoms with van der Waals surface area (Å²) in [5.41, 5.74) is 6.50. The highest BCUT2D eigenvalue weighted by Crippen LogP contribution is 2.51. The predicted molar refractivity (Wildman–Crippen MR) is 207 cm³/mol. The van der Waals surface area contributed by atoms with E-state index in [2.05, 4.69) is 115 Å². The molecule has 1 heterocycles. The Morgan fingerprint density at radius 1 is 0.367 bits per heavy atom. The number of rotatable bonds is 3. The molecular formula is C48H28O. The molecule has 1 nitrogen and oxygen atoms in total. The molecule has 0 atom stereocenters. The molecule has 0 radical (unpaired) electrons. The molecule has 10 aromatic carbocycles. The van der Waals surface area contributed by atoms with E-state index in [1.807, 2.05) is 24.3 Å². The van der Waals surface area contributed by atoms with Gasteiger partial charge in [-0.3, -0.25) is 0 Å². The maximum Gasteiger partial charge on any atom is 0.143 e. The van der Waals surface area contributed by atoms with Gasteiger partial charge >= 0.3 is 0 Å². The zero-order valence-corrected chi connectivity index (χ0v) is 26.2. The van der Waals surface area contributed by atoms with E-state index in [-0.39, 0.29) is 29.7 Å². The van der Waals surface area contributed by atoms with E-state index in [0.29, 0.717) is 5.56 Å². The lowest BCUT2D eigenvalue weighted by Gasteiger charge is -2.24. The van der Waals surface area contributed by atoms with Crippen molar-refractivity contribution in [2.75, 3.05) is 0 Å². The van der Waals surface area contributed by atoms with Crippen molar-refractivity contribution < 1.29 is 11.6 Å². The van der Waals surface area contributed by atoms with Gasteiger partial charge in [0, 0.05) is 16.3 Å². The summed E-state index contributed by atoms with van der Waals surface area (Å²) in [5, 5.41) is 11.2. The molecule has 11 rings (SSSR count). The molecule has 0 saturated carbocycles. The standard InChI is InChI=1S/C48H28O/c1-2-8-29(9-3-1)35-25-36(27-38(26-35)39-21-19-33-17-16-31-11-6-12-32-20-22-42(39)47(33)45(31)32)37-24-34-13-7-15-41-43-23-18-30-10-4-5-14-40(30)48(43)49-44(28-37)46(34)41/h1-28H/i1D,2D,3D,8D,9D. The molecule has 1 aliphatic rings. The van der Waals surface area contributed by atoms with Crippen LogP contribution in [-0.4, -0.2) is 0 Å². The van der Waals surface area contributed by atoms with Crippen LogP contribution in [0.15, 0.2) is 170 Å². The summed E-state index contributed by atoms with van der Waals surface area (Å²) in [6.07, 6.45) is 0. The molecule has 0 fully saturated rings. The van der Waals surface area contributed by atoms with Crippen LogP contribution in [0.1, 0.15) is 6.85 Å². The van der Waals surface area contributed by atoms with Crippen molar-refractivity contribution in [1.82, 2.24) is 0 Å². The van der Waals surface area contributed by atoms with Gasteiger partial charge in [-0.25, -0.2) is 0 Å². The second-order valence-corrected chi connectivity index (χ2v) is 12.9. The van der Waals surface area contributed by atoms with Gasteiger partial charge in [-0.2, -0.15) is 0 Å². The minimum atomic E-state index is -0.411. The fourth-order valence-corrected chi connectivity index (χ4v) is 8.01. The molecule has 0 N–H and O–H groups in total. The molecule has 0 aromatic heterocycles. The zero-order valence-electron chi connectivity index (χ0n) is 31.2. The monoisotopic (exact) mass is 625 g/mol. The topological polar surface area (TPSA) is 9.23 Å². The van der Waals surface area contributed by atoms with Crippen molar-refractivity contribution in [2.24, 2.45) is 0 Å². The molecule has 0 amide bonds. The summed E-state index contributed by atoms with van der Waals surface area (Å²) in [7, 11) is 0. The van der Waals surface area contributed by atoms with Crippen LogP contribution in [0.3, 0.4) is 0 Å².